The van der Waals surface area contributed by atoms with Gasteiger partial charge < -0.3 is 0 Å². The smallest absolute Gasteiger partial charge is 0.0500 e. The predicted octanol–water partition coefficient (Wildman–Crippen LogP) is 7.08. The molecule has 0 spiro atoms. The zero-order valence-electron chi connectivity index (χ0n) is 13.8. The van der Waals surface area contributed by atoms with Gasteiger partial charge in [0, 0.05) is 0 Å². The van der Waals surface area contributed by atoms with Gasteiger partial charge in [0.05, 0.1) is 0 Å². The molecule has 0 aromatic rings. The molecule has 0 unspecified atom stereocenters. The minimum absolute atomic E-state index is 0.833. The van der Waals surface area contributed by atoms with Gasteiger partial charge in [0.15, 0.2) is 0 Å². The second-order valence-corrected chi connectivity index (χ2v) is 3.85. The normalized spacial score (nSPS) is 12.4. The highest BCUT2D eigenvalue weighted by Gasteiger charge is 1.95. The van der Waals surface area contributed by atoms with Crippen LogP contribution in [0.4, 0.5) is 0 Å². The van der Waals surface area contributed by atoms with E-state index in [9.17, 15) is 0 Å². The van der Waals surface area contributed by atoms with Gasteiger partial charge in [-0.25, -0.2) is 0 Å². The SMILES string of the molecule is C1CC1.C1CC1.CC.CC.CC.CC(C)C. The summed E-state index contributed by atoms with van der Waals surface area (Å²) in [6, 6.07) is 0. The molecule has 0 amide bonds. The van der Waals surface area contributed by atoms with E-state index < -0.39 is 0 Å². The van der Waals surface area contributed by atoms with Crippen molar-refractivity contribution in [1.82, 2.24) is 0 Å². The van der Waals surface area contributed by atoms with Gasteiger partial charge in [-0.1, -0.05) is 101 Å². The molecule has 2 fully saturated rings. The van der Waals surface area contributed by atoms with Crippen LogP contribution in [0.1, 0.15) is 101 Å². The van der Waals surface area contributed by atoms with E-state index in [1.54, 1.807) is 0 Å². The summed E-state index contributed by atoms with van der Waals surface area (Å²) in [6.07, 6.45) is 9.00. The molecule has 0 aliphatic heterocycles. The maximum atomic E-state index is 2.17. The molecule has 2 saturated carbocycles. The van der Waals surface area contributed by atoms with Gasteiger partial charge in [-0.3, -0.25) is 0 Å². The second-order valence-electron chi connectivity index (χ2n) is 3.85. The molecular weight excluding hydrogens is 192 g/mol. The summed E-state index contributed by atoms with van der Waals surface area (Å²) in [6.45, 7) is 18.5. The van der Waals surface area contributed by atoms with Crippen LogP contribution in [0.2, 0.25) is 0 Å². The van der Waals surface area contributed by atoms with Crippen molar-refractivity contribution < 1.29 is 0 Å². The first-order valence-corrected chi connectivity index (χ1v) is 7.73. The number of hydrogen-bond donors (Lipinski definition) is 0. The molecule has 0 aromatic carbocycles. The lowest BCUT2D eigenvalue weighted by atomic mass is 10.3. The Bertz CT molecular complexity index is 36.8. The Morgan fingerprint density at radius 3 is 0.500 bits per heavy atom. The van der Waals surface area contributed by atoms with Crippen LogP contribution in [0.3, 0.4) is 0 Å². The molecule has 2 rings (SSSR count). The summed E-state index contributed by atoms with van der Waals surface area (Å²) in [4.78, 5) is 0. The lowest BCUT2D eigenvalue weighted by molar-refractivity contribution is 0.737. The van der Waals surface area contributed by atoms with Gasteiger partial charge in [-0.15, -0.1) is 0 Å². The van der Waals surface area contributed by atoms with Crippen molar-refractivity contribution in [2.24, 2.45) is 5.92 Å². The predicted molar refractivity (Wildman–Crippen MR) is 82.3 cm³/mol. The van der Waals surface area contributed by atoms with Crippen molar-refractivity contribution >= 4 is 0 Å². The molecule has 2 aliphatic rings. The monoisotopic (exact) mass is 232 g/mol. The fourth-order valence-electron chi connectivity index (χ4n) is 0. The van der Waals surface area contributed by atoms with Crippen LogP contribution in [0.5, 0.6) is 0 Å². The lowest BCUT2D eigenvalue weighted by Gasteiger charge is -1.79. The lowest BCUT2D eigenvalue weighted by Crippen LogP contribution is -1.66. The van der Waals surface area contributed by atoms with Crippen LogP contribution in [0.15, 0.2) is 0 Å². The molecule has 0 bridgehead atoms. The Labute approximate surface area is 107 Å². The maximum Gasteiger partial charge on any atom is -0.0500 e. The van der Waals surface area contributed by atoms with Crippen LogP contribution < -0.4 is 0 Å². The minimum Gasteiger partial charge on any atom is -0.0683 e. The summed E-state index contributed by atoms with van der Waals surface area (Å²) in [5.74, 6) is 0.833. The fraction of sp³-hybridized carbons (Fsp3) is 1.00. The van der Waals surface area contributed by atoms with Crippen LogP contribution in [-0.4, -0.2) is 0 Å². The maximum absolute atomic E-state index is 2.17. The summed E-state index contributed by atoms with van der Waals surface area (Å²) in [7, 11) is 0. The molecule has 0 heteroatoms. The van der Waals surface area contributed by atoms with Crippen LogP contribution in [0, 0.1) is 5.92 Å². The van der Waals surface area contributed by atoms with Gasteiger partial charge in [-0.2, -0.15) is 0 Å². The molecule has 2 aliphatic carbocycles. The first-order valence-electron chi connectivity index (χ1n) is 7.73. The average Bonchev–Trinajstić information content (AvgIpc) is 3.19. The van der Waals surface area contributed by atoms with Gasteiger partial charge in [0.2, 0.25) is 0 Å². The van der Waals surface area contributed by atoms with Gasteiger partial charge in [-0.05, 0) is 5.92 Å². The third-order valence-electron chi connectivity index (χ3n) is 0.707. The van der Waals surface area contributed by atoms with Crippen molar-refractivity contribution in [1.29, 1.82) is 0 Å². The van der Waals surface area contributed by atoms with E-state index in [-0.39, 0.29) is 0 Å². The Hall–Kier alpha value is 0. The van der Waals surface area contributed by atoms with Crippen LogP contribution >= 0.6 is 0 Å². The zero-order valence-corrected chi connectivity index (χ0v) is 13.8. The summed E-state index contributed by atoms with van der Waals surface area (Å²) in [5, 5.41) is 0. The summed E-state index contributed by atoms with van der Waals surface area (Å²) >= 11 is 0. The zero-order chi connectivity index (χ0) is 13.8. The van der Waals surface area contributed by atoms with E-state index in [1.165, 1.54) is 38.5 Å². The first kappa shape index (κ1) is 25.0. The van der Waals surface area contributed by atoms with Crippen molar-refractivity contribution in [3.8, 4) is 0 Å². The molecule has 0 nitrogen and oxygen atoms in total. The molecule has 0 heterocycles. The van der Waals surface area contributed by atoms with Crippen LogP contribution in [-0.2, 0) is 0 Å². The molecule has 0 N–H and O–H groups in total. The molecule has 16 heavy (non-hydrogen) atoms. The van der Waals surface area contributed by atoms with Crippen molar-refractivity contribution in [3.05, 3.63) is 0 Å². The van der Waals surface area contributed by atoms with Crippen LogP contribution in [0.25, 0.3) is 0 Å². The molecule has 0 radical (unpaired) electrons. The number of rotatable bonds is 0. The molecule has 0 saturated heterocycles. The number of hydrogen-bond acceptors (Lipinski definition) is 0. The highest BCUT2D eigenvalue weighted by atomic mass is 14.0. The van der Waals surface area contributed by atoms with Gasteiger partial charge in [0.25, 0.3) is 0 Å². The van der Waals surface area contributed by atoms with Gasteiger partial charge in [0.1, 0.15) is 0 Å². The van der Waals surface area contributed by atoms with E-state index >= 15 is 0 Å². The van der Waals surface area contributed by atoms with Crippen molar-refractivity contribution in [2.45, 2.75) is 101 Å². The minimum atomic E-state index is 0.833. The van der Waals surface area contributed by atoms with E-state index in [0.717, 1.165) is 5.92 Å². The van der Waals surface area contributed by atoms with Crippen molar-refractivity contribution in [2.75, 3.05) is 0 Å². The summed E-state index contributed by atoms with van der Waals surface area (Å²) < 4.78 is 0. The second kappa shape index (κ2) is 36.3. The molecular formula is C16H40. The highest BCUT2D eigenvalue weighted by Crippen LogP contribution is 2.15. The van der Waals surface area contributed by atoms with Crippen molar-refractivity contribution in [3.63, 3.8) is 0 Å². The Balaban J connectivity index is -0.0000000555. The van der Waals surface area contributed by atoms with Gasteiger partial charge >= 0.3 is 0 Å². The molecule has 0 atom stereocenters. The fourth-order valence-corrected chi connectivity index (χ4v) is 0. The molecule has 0 aromatic heterocycles. The van der Waals surface area contributed by atoms with E-state index in [0.29, 0.717) is 0 Å². The standard InChI is InChI=1S/C4H10.2C3H6.3C2H6/c1-4(2)3;2*1-2-3-1;3*1-2/h4H,1-3H3;2*1-3H2;3*1-2H3. The van der Waals surface area contributed by atoms with E-state index in [1.807, 2.05) is 41.5 Å². The largest absolute Gasteiger partial charge is 0.0683 e. The Morgan fingerprint density at radius 1 is 0.438 bits per heavy atom. The van der Waals surface area contributed by atoms with E-state index in [4.69, 9.17) is 0 Å². The third kappa shape index (κ3) is 592. The average molecular weight is 232 g/mol. The van der Waals surface area contributed by atoms with E-state index in [2.05, 4.69) is 20.8 Å². The highest BCUT2D eigenvalue weighted by molar-refractivity contribution is 4.51. The Morgan fingerprint density at radius 2 is 0.500 bits per heavy atom. The molecule has 104 valence electrons. The summed E-state index contributed by atoms with van der Waals surface area (Å²) in [5.41, 5.74) is 0. The topological polar surface area (TPSA) is 0 Å². The third-order valence-corrected chi connectivity index (χ3v) is 0.707. The Kier molecular flexibility index (Phi) is 56.7. The first-order chi connectivity index (χ1) is 7.73. The quantitative estimate of drug-likeness (QED) is 0.418.